The van der Waals surface area contributed by atoms with E-state index in [1.54, 1.807) is 11.8 Å². The van der Waals surface area contributed by atoms with Crippen molar-refractivity contribution in [3.63, 3.8) is 0 Å². The molecular formula is C12H21N3O. The molecular weight excluding hydrogens is 202 g/mol. The largest absolute Gasteiger partial charge is 0.481 e. The molecule has 0 saturated carbocycles. The highest BCUT2D eigenvalue weighted by atomic mass is 16.5. The van der Waals surface area contributed by atoms with E-state index in [2.05, 4.69) is 36.4 Å². The average molecular weight is 223 g/mol. The first-order valence-electron chi connectivity index (χ1n) is 5.53. The molecule has 90 valence electrons. The van der Waals surface area contributed by atoms with E-state index in [1.807, 2.05) is 14.0 Å². The van der Waals surface area contributed by atoms with E-state index in [-0.39, 0.29) is 0 Å². The van der Waals surface area contributed by atoms with Crippen LogP contribution in [0, 0.1) is 6.92 Å². The second kappa shape index (κ2) is 5.70. The van der Waals surface area contributed by atoms with Crippen LogP contribution in [0.15, 0.2) is 6.08 Å². The molecule has 1 heterocycles. The highest BCUT2D eigenvalue weighted by Crippen LogP contribution is 2.21. The van der Waals surface area contributed by atoms with Gasteiger partial charge in [-0.1, -0.05) is 26.0 Å². The summed E-state index contributed by atoms with van der Waals surface area (Å²) < 4.78 is 7.06. The van der Waals surface area contributed by atoms with E-state index >= 15 is 0 Å². The molecule has 4 nitrogen and oxygen atoms in total. The van der Waals surface area contributed by atoms with Gasteiger partial charge in [0.2, 0.25) is 5.88 Å². The maximum atomic E-state index is 5.30. The van der Waals surface area contributed by atoms with E-state index in [0.29, 0.717) is 6.04 Å². The van der Waals surface area contributed by atoms with Gasteiger partial charge in [0.05, 0.1) is 18.4 Å². The van der Waals surface area contributed by atoms with Crippen molar-refractivity contribution >= 4 is 6.08 Å². The summed E-state index contributed by atoms with van der Waals surface area (Å²) in [5, 5.41) is 7.64. The van der Waals surface area contributed by atoms with Crippen LogP contribution in [0.2, 0.25) is 0 Å². The molecule has 1 rings (SSSR count). The van der Waals surface area contributed by atoms with Crippen molar-refractivity contribution in [1.29, 1.82) is 0 Å². The molecule has 0 saturated heterocycles. The first-order valence-corrected chi connectivity index (χ1v) is 5.53. The number of methoxy groups -OCH3 is 1. The lowest BCUT2D eigenvalue weighted by Gasteiger charge is -2.04. The maximum Gasteiger partial charge on any atom is 0.218 e. The van der Waals surface area contributed by atoms with E-state index in [4.69, 9.17) is 4.74 Å². The lowest BCUT2D eigenvalue weighted by molar-refractivity contribution is 0.372. The molecule has 0 unspecified atom stereocenters. The fourth-order valence-corrected chi connectivity index (χ4v) is 1.57. The first kappa shape index (κ1) is 12.8. The third-order valence-corrected chi connectivity index (χ3v) is 2.34. The van der Waals surface area contributed by atoms with Crippen LogP contribution in [0.5, 0.6) is 5.88 Å². The molecule has 1 aromatic rings. The van der Waals surface area contributed by atoms with Crippen LogP contribution in [0.4, 0.5) is 0 Å². The minimum Gasteiger partial charge on any atom is -0.481 e. The molecule has 0 aromatic carbocycles. The molecule has 0 atom stereocenters. The van der Waals surface area contributed by atoms with Gasteiger partial charge in [0.15, 0.2) is 0 Å². The Morgan fingerprint density at radius 2 is 2.19 bits per heavy atom. The Morgan fingerprint density at radius 3 is 2.75 bits per heavy atom. The van der Waals surface area contributed by atoms with Crippen LogP contribution in [0.25, 0.3) is 6.08 Å². The van der Waals surface area contributed by atoms with Gasteiger partial charge in [-0.05, 0) is 6.92 Å². The second-order valence-corrected chi connectivity index (χ2v) is 4.10. The second-order valence-electron chi connectivity index (χ2n) is 4.10. The first-order chi connectivity index (χ1) is 7.56. The molecule has 1 N–H and O–H groups in total. The number of aromatic nitrogens is 2. The highest BCUT2D eigenvalue weighted by molar-refractivity contribution is 5.57. The van der Waals surface area contributed by atoms with Gasteiger partial charge in [0.25, 0.3) is 0 Å². The molecule has 1 aromatic heterocycles. The molecule has 0 aliphatic rings. The zero-order valence-corrected chi connectivity index (χ0v) is 10.7. The Labute approximate surface area is 97.3 Å². The highest BCUT2D eigenvalue weighted by Gasteiger charge is 2.10. The minimum absolute atomic E-state index is 0.501. The Bertz CT molecular complexity index is 367. The third-order valence-electron chi connectivity index (χ3n) is 2.34. The molecule has 4 heteroatoms. The minimum atomic E-state index is 0.501. The van der Waals surface area contributed by atoms with Crippen molar-refractivity contribution in [1.82, 2.24) is 15.1 Å². The number of hydrogen-bond donors (Lipinski definition) is 1. The summed E-state index contributed by atoms with van der Waals surface area (Å²) in [6.07, 6.45) is 4.14. The van der Waals surface area contributed by atoms with Gasteiger partial charge in [0.1, 0.15) is 0 Å². The molecule has 0 spiro atoms. The van der Waals surface area contributed by atoms with Crippen LogP contribution in [-0.4, -0.2) is 29.5 Å². The van der Waals surface area contributed by atoms with Crippen LogP contribution in [0.1, 0.15) is 25.1 Å². The van der Waals surface area contributed by atoms with Crippen molar-refractivity contribution < 1.29 is 4.74 Å². The van der Waals surface area contributed by atoms with Gasteiger partial charge in [-0.3, -0.25) is 0 Å². The molecule has 0 aliphatic heterocycles. The monoisotopic (exact) mass is 223 g/mol. The molecule has 0 radical (unpaired) electrons. The Hall–Kier alpha value is -1.29. The van der Waals surface area contributed by atoms with Crippen LogP contribution in [-0.2, 0) is 7.05 Å². The lowest BCUT2D eigenvalue weighted by Crippen LogP contribution is -2.22. The van der Waals surface area contributed by atoms with Crippen molar-refractivity contribution in [2.75, 3.05) is 13.7 Å². The van der Waals surface area contributed by atoms with Gasteiger partial charge in [0, 0.05) is 19.6 Å². The molecule has 0 amide bonds. The summed E-state index contributed by atoms with van der Waals surface area (Å²) >= 11 is 0. The fraction of sp³-hybridized carbons (Fsp3) is 0.583. The number of hydrogen-bond acceptors (Lipinski definition) is 3. The summed E-state index contributed by atoms with van der Waals surface area (Å²) in [4.78, 5) is 0. The van der Waals surface area contributed by atoms with Crippen molar-refractivity contribution in [3.05, 3.63) is 17.3 Å². The predicted molar refractivity (Wildman–Crippen MR) is 66.7 cm³/mol. The third kappa shape index (κ3) is 3.10. The Balaban J connectivity index is 2.72. The van der Waals surface area contributed by atoms with E-state index in [0.717, 1.165) is 23.7 Å². The number of nitrogens with zero attached hydrogens (tertiary/aromatic N) is 2. The number of rotatable bonds is 5. The summed E-state index contributed by atoms with van der Waals surface area (Å²) in [5.41, 5.74) is 2.04. The Kier molecular flexibility index (Phi) is 4.55. The van der Waals surface area contributed by atoms with E-state index in [9.17, 15) is 0 Å². The summed E-state index contributed by atoms with van der Waals surface area (Å²) in [6, 6.07) is 0.501. The van der Waals surface area contributed by atoms with Crippen LogP contribution < -0.4 is 10.1 Å². The van der Waals surface area contributed by atoms with Crippen LogP contribution in [0.3, 0.4) is 0 Å². The van der Waals surface area contributed by atoms with Gasteiger partial charge < -0.3 is 10.1 Å². The quantitative estimate of drug-likeness (QED) is 0.826. The van der Waals surface area contributed by atoms with Crippen molar-refractivity contribution in [2.24, 2.45) is 7.05 Å². The molecule has 0 aliphatic carbocycles. The van der Waals surface area contributed by atoms with Crippen molar-refractivity contribution in [2.45, 2.75) is 26.8 Å². The lowest BCUT2D eigenvalue weighted by atomic mass is 10.2. The summed E-state index contributed by atoms with van der Waals surface area (Å²) in [7, 11) is 3.55. The van der Waals surface area contributed by atoms with E-state index < -0.39 is 0 Å². The topological polar surface area (TPSA) is 39.1 Å². The van der Waals surface area contributed by atoms with Crippen molar-refractivity contribution in [3.8, 4) is 5.88 Å². The molecule has 16 heavy (non-hydrogen) atoms. The van der Waals surface area contributed by atoms with Gasteiger partial charge >= 0.3 is 0 Å². The molecule has 0 bridgehead atoms. The Morgan fingerprint density at radius 1 is 1.50 bits per heavy atom. The molecule has 0 fully saturated rings. The maximum absolute atomic E-state index is 5.30. The predicted octanol–water partition coefficient (Wildman–Crippen LogP) is 1.75. The zero-order chi connectivity index (χ0) is 12.1. The standard InChI is InChI=1S/C12H21N3O/c1-9(2)13-8-6-7-11-10(3)14-15(4)12(11)16-5/h6-7,9,13H,8H2,1-5H3/b7-6+. The number of ether oxygens (including phenoxy) is 1. The average Bonchev–Trinajstić information content (AvgIpc) is 2.47. The normalized spacial score (nSPS) is 11.6. The fourth-order valence-electron chi connectivity index (χ4n) is 1.57. The van der Waals surface area contributed by atoms with Crippen LogP contribution >= 0.6 is 0 Å². The number of nitrogens with one attached hydrogen (secondary N) is 1. The van der Waals surface area contributed by atoms with Gasteiger partial charge in [-0.25, -0.2) is 4.68 Å². The van der Waals surface area contributed by atoms with Gasteiger partial charge in [-0.15, -0.1) is 0 Å². The summed E-state index contributed by atoms with van der Waals surface area (Å²) in [6.45, 7) is 7.10. The van der Waals surface area contributed by atoms with Gasteiger partial charge in [-0.2, -0.15) is 5.10 Å². The van der Waals surface area contributed by atoms with E-state index in [1.165, 1.54) is 0 Å². The zero-order valence-electron chi connectivity index (χ0n) is 10.7. The SMILES string of the molecule is COc1c(/C=C/CNC(C)C)c(C)nn1C. The summed E-state index contributed by atoms with van der Waals surface area (Å²) in [5.74, 6) is 0.804. The smallest absolute Gasteiger partial charge is 0.218 e. The number of aryl methyl sites for hydroxylation is 2.